The molecule has 0 radical (unpaired) electrons. The van der Waals surface area contributed by atoms with Gasteiger partial charge in [-0.1, -0.05) is 9.24 Å². The molecule has 2 aliphatic rings. The minimum absolute atomic E-state index is 0.166. The molecule has 0 amide bonds. The number of rotatable bonds is 1. The first-order valence-electron chi connectivity index (χ1n) is 3.33. The third-order valence-electron chi connectivity index (χ3n) is 2.22. The van der Waals surface area contributed by atoms with Crippen molar-refractivity contribution < 1.29 is 4.79 Å². The van der Waals surface area contributed by atoms with E-state index in [0.717, 1.165) is 12.3 Å². The highest BCUT2D eigenvalue weighted by atomic mass is 31.0. The van der Waals surface area contributed by atoms with E-state index in [1.807, 2.05) is 0 Å². The highest BCUT2D eigenvalue weighted by molar-refractivity contribution is 7.40. The Bertz CT molecular complexity index is 149. The molecular formula is C6H10NOP. The molecule has 1 heterocycles. The molecule has 2 fully saturated rings. The minimum atomic E-state index is 0.166. The quantitative estimate of drug-likeness (QED) is 0.529. The molecule has 1 N–H and O–H groups in total. The van der Waals surface area contributed by atoms with Gasteiger partial charge in [0.05, 0.1) is 6.04 Å². The first-order valence-corrected chi connectivity index (χ1v) is 3.90. The largest absolute Gasteiger partial charge is 0.304 e. The van der Waals surface area contributed by atoms with E-state index in [-0.39, 0.29) is 11.6 Å². The van der Waals surface area contributed by atoms with Crippen molar-refractivity contribution in [2.24, 2.45) is 5.92 Å². The summed E-state index contributed by atoms with van der Waals surface area (Å²) in [7, 11) is 2.24. The molecule has 0 spiro atoms. The molecule has 1 aliphatic carbocycles. The number of fused-ring (bicyclic) bond motifs is 1. The van der Waals surface area contributed by atoms with Crippen molar-refractivity contribution in [3.8, 4) is 0 Å². The molecule has 0 bridgehead atoms. The molecule has 1 saturated carbocycles. The number of carbonyl (C=O) groups excluding carboxylic acids is 1. The Kier molecular flexibility index (Phi) is 1.14. The number of hydrogen-bond donors (Lipinski definition) is 1. The van der Waals surface area contributed by atoms with Crippen molar-refractivity contribution in [3.05, 3.63) is 0 Å². The fraction of sp³-hybridized carbons (Fsp3) is 0.833. The molecule has 50 valence electrons. The summed E-state index contributed by atoms with van der Waals surface area (Å²) in [6.45, 7) is 0. The molecule has 3 heteroatoms. The number of nitrogens with one attached hydrogen (secondary N) is 1. The van der Waals surface area contributed by atoms with Crippen molar-refractivity contribution in [2.45, 2.75) is 24.9 Å². The Morgan fingerprint density at radius 3 is 2.67 bits per heavy atom. The smallest absolute Gasteiger partial charge is 0.165 e. The van der Waals surface area contributed by atoms with Gasteiger partial charge in [0.15, 0.2) is 5.52 Å². The number of carbonyl (C=O) groups is 1. The molecule has 1 aliphatic heterocycles. The third-order valence-corrected chi connectivity index (χ3v) is 2.62. The van der Waals surface area contributed by atoms with E-state index in [4.69, 9.17) is 0 Å². The fourth-order valence-corrected chi connectivity index (χ4v) is 1.77. The zero-order valence-electron chi connectivity index (χ0n) is 5.13. The van der Waals surface area contributed by atoms with Crippen molar-refractivity contribution in [3.63, 3.8) is 0 Å². The average Bonchev–Trinajstić information content (AvgIpc) is 2.40. The molecule has 2 rings (SSSR count). The van der Waals surface area contributed by atoms with E-state index >= 15 is 0 Å². The molecule has 1 unspecified atom stereocenters. The zero-order chi connectivity index (χ0) is 6.43. The summed E-state index contributed by atoms with van der Waals surface area (Å²) < 4.78 is 0. The van der Waals surface area contributed by atoms with Crippen LogP contribution in [-0.4, -0.2) is 17.6 Å². The average molecular weight is 143 g/mol. The van der Waals surface area contributed by atoms with Gasteiger partial charge in [-0.15, -0.1) is 0 Å². The third kappa shape index (κ3) is 0.907. The first kappa shape index (κ1) is 5.82. The van der Waals surface area contributed by atoms with Gasteiger partial charge in [-0.3, -0.25) is 4.79 Å². The standard InChI is InChI=1S/C6H10NOP/c8-6(9)5-2-3-1-4(3)7-5/h3-5,7H,1-2,9H2/t3-,4-,5-/m1/s1. The van der Waals surface area contributed by atoms with Gasteiger partial charge in [0, 0.05) is 6.04 Å². The van der Waals surface area contributed by atoms with Crippen LogP contribution in [0.25, 0.3) is 0 Å². The van der Waals surface area contributed by atoms with Crippen LogP contribution in [0.3, 0.4) is 0 Å². The van der Waals surface area contributed by atoms with Crippen molar-refractivity contribution in [1.29, 1.82) is 0 Å². The van der Waals surface area contributed by atoms with E-state index in [9.17, 15) is 4.79 Å². The minimum Gasteiger partial charge on any atom is -0.304 e. The van der Waals surface area contributed by atoms with Crippen LogP contribution in [0.15, 0.2) is 0 Å². The summed E-state index contributed by atoms with van der Waals surface area (Å²) in [5.41, 5.74) is 0.224. The maximum Gasteiger partial charge on any atom is 0.165 e. The Morgan fingerprint density at radius 2 is 2.33 bits per heavy atom. The second-order valence-corrected chi connectivity index (χ2v) is 3.53. The SMILES string of the molecule is O=C(P)[C@H]1C[C@H]2C[C@H]2N1. The van der Waals surface area contributed by atoms with Gasteiger partial charge in [-0.05, 0) is 18.8 Å². The van der Waals surface area contributed by atoms with E-state index in [0.29, 0.717) is 6.04 Å². The highest BCUT2D eigenvalue weighted by Gasteiger charge is 2.46. The van der Waals surface area contributed by atoms with Crippen LogP contribution in [0.5, 0.6) is 0 Å². The molecule has 9 heavy (non-hydrogen) atoms. The van der Waals surface area contributed by atoms with Gasteiger partial charge in [0.2, 0.25) is 0 Å². The predicted octanol–water partition coefficient (Wildman–Crippen LogP) is 0.138. The van der Waals surface area contributed by atoms with Gasteiger partial charge in [0.1, 0.15) is 0 Å². The molecule has 0 aromatic heterocycles. The van der Waals surface area contributed by atoms with Gasteiger partial charge in [0.25, 0.3) is 0 Å². The van der Waals surface area contributed by atoms with Crippen LogP contribution < -0.4 is 5.32 Å². The first-order chi connectivity index (χ1) is 4.27. The van der Waals surface area contributed by atoms with Crippen molar-refractivity contribution in [1.82, 2.24) is 5.32 Å². The molecule has 4 atom stereocenters. The highest BCUT2D eigenvalue weighted by Crippen LogP contribution is 2.41. The van der Waals surface area contributed by atoms with Gasteiger partial charge in [-0.2, -0.15) is 0 Å². The second kappa shape index (κ2) is 1.77. The Balaban J connectivity index is 1.97. The van der Waals surface area contributed by atoms with E-state index in [2.05, 4.69) is 14.6 Å². The molecule has 1 saturated heterocycles. The van der Waals surface area contributed by atoms with Crippen LogP contribution in [0.2, 0.25) is 0 Å². The Morgan fingerprint density at radius 1 is 1.56 bits per heavy atom. The summed E-state index contributed by atoms with van der Waals surface area (Å²) in [6, 6.07) is 0.859. The monoisotopic (exact) mass is 143 g/mol. The van der Waals surface area contributed by atoms with E-state index in [1.54, 1.807) is 0 Å². The molecule has 2 nitrogen and oxygen atoms in total. The molecule has 0 aromatic rings. The lowest BCUT2D eigenvalue weighted by atomic mass is 10.2. The maximum absolute atomic E-state index is 10.7. The lowest BCUT2D eigenvalue weighted by Crippen LogP contribution is -2.30. The molecular weight excluding hydrogens is 133 g/mol. The summed E-state index contributed by atoms with van der Waals surface area (Å²) >= 11 is 0. The number of piperidine rings is 1. The van der Waals surface area contributed by atoms with E-state index in [1.165, 1.54) is 6.42 Å². The van der Waals surface area contributed by atoms with Gasteiger partial charge >= 0.3 is 0 Å². The van der Waals surface area contributed by atoms with Crippen LogP contribution in [0.4, 0.5) is 0 Å². The summed E-state index contributed by atoms with van der Waals surface area (Å²) in [6.07, 6.45) is 2.38. The summed E-state index contributed by atoms with van der Waals surface area (Å²) in [5.74, 6) is 0.833. The van der Waals surface area contributed by atoms with Gasteiger partial charge < -0.3 is 5.32 Å². The second-order valence-electron chi connectivity index (χ2n) is 2.96. The Labute approximate surface area is 56.6 Å². The van der Waals surface area contributed by atoms with Crippen LogP contribution in [0, 0.1) is 5.92 Å². The zero-order valence-corrected chi connectivity index (χ0v) is 6.29. The Hall–Kier alpha value is 0.0600. The summed E-state index contributed by atoms with van der Waals surface area (Å²) in [4.78, 5) is 10.7. The number of hydrogen-bond acceptors (Lipinski definition) is 2. The van der Waals surface area contributed by atoms with E-state index < -0.39 is 0 Å². The predicted molar refractivity (Wildman–Crippen MR) is 38.2 cm³/mol. The lowest BCUT2D eigenvalue weighted by Gasteiger charge is -2.06. The normalized spacial score (nSPS) is 46.6. The topological polar surface area (TPSA) is 29.1 Å². The van der Waals surface area contributed by atoms with Crippen LogP contribution in [-0.2, 0) is 4.79 Å². The molecule has 0 aromatic carbocycles. The lowest BCUT2D eigenvalue weighted by molar-refractivity contribution is -0.112. The van der Waals surface area contributed by atoms with Gasteiger partial charge in [-0.25, -0.2) is 0 Å². The van der Waals surface area contributed by atoms with Crippen LogP contribution in [0.1, 0.15) is 12.8 Å². The maximum atomic E-state index is 10.7. The van der Waals surface area contributed by atoms with Crippen molar-refractivity contribution >= 4 is 14.8 Å². The fourth-order valence-electron chi connectivity index (χ4n) is 1.54. The van der Waals surface area contributed by atoms with Crippen molar-refractivity contribution in [2.75, 3.05) is 0 Å². The summed E-state index contributed by atoms with van der Waals surface area (Å²) in [5, 5.41) is 3.26. The van der Waals surface area contributed by atoms with Crippen LogP contribution >= 0.6 is 9.24 Å².